The van der Waals surface area contributed by atoms with Gasteiger partial charge in [0.1, 0.15) is 5.52 Å². The van der Waals surface area contributed by atoms with Crippen LogP contribution in [0.3, 0.4) is 0 Å². The first kappa shape index (κ1) is 19.3. The van der Waals surface area contributed by atoms with Gasteiger partial charge in [0, 0.05) is 11.1 Å². The SMILES string of the molecule is COc1ccc(C(=O)COC(=O)c2ccc3noc(-c4ccccc4)c3c2)cc1F. The molecular weight excluding hydrogens is 389 g/mol. The van der Waals surface area contributed by atoms with Gasteiger partial charge >= 0.3 is 5.97 Å². The van der Waals surface area contributed by atoms with Gasteiger partial charge in [0.2, 0.25) is 0 Å². The number of benzene rings is 3. The Morgan fingerprint density at radius 2 is 1.77 bits per heavy atom. The van der Waals surface area contributed by atoms with Crippen LogP contribution in [0.5, 0.6) is 5.75 Å². The van der Waals surface area contributed by atoms with Crippen molar-refractivity contribution in [3.8, 4) is 17.1 Å². The van der Waals surface area contributed by atoms with Crippen LogP contribution in [0.25, 0.3) is 22.2 Å². The Morgan fingerprint density at radius 1 is 1.00 bits per heavy atom. The van der Waals surface area contributed by atoms with Gasteiger partial charge in [-0.15, -0.1) is 0 Å². The number of ether oxygens (including phenoxy) is 2. The van der Waals surface area contributed by atoms with Crippen LogP contribution < -0.4 is 4.74 Å². The smallest absolute Gasteiger partial charge is 0.338 e. The second kappa shape index (κ2) is 8.16. The summed E-state index contributed by atoms with van der Waals surface area (Å²) < 4.78 is 29.1. The zero-order chi connectivity index (χ0) is 21.1. The fourth-order valence-electron chi connectivity index (χ4n) is 3.00. The number of rotatable bonds is 6. The molecular formula is C23H16FNO5. The molecule has 7 heteroatoms. The van der Waals surface area contributed by atoms with Crippen LogP contribution in [0, 0.1) is 5.82 Å². The van der Waals surface area contributed by atoms with Gasteiger partial charge in [0.15, 0.2) is 29.7 Å². The zero-order valence-electron chi connectivity index (χ0n) is 15.9. The highest BCUT2D eigenvalue weighted by Crippen LogP contribution is 2.29. The highest BCUT2D eigenvalue weighted by molar-refractivity contribution is 6.01. The Labute approximate surface area is 170 Å². The van der Waals surface area contributed by atoms with Gasteiger partial charge in [-0.25, -0.2) is 9.18 Å². The molecule has 1 heterocycles. The van der Waals surface area contributed by atoms with Crippen molar-refractivity contribution in [1.82, 2.24) is 5.16 Å². The van der Waals surface area contributed by atoms with Crippen molar-refractivity contribution in [2.75, 3.05) is 13.7 Å². The fraction of sp³-hybridized carbons (Fsp3) is 0.0870. The summed E-state index contributed by atoms with van der Waals surface area (Å²) in [5.41, 5.74) is 1.75. The van der Waals surface area contributed by atoms with Gasteiger partial charge in [-0.2, -0.15) is 0 Å². The number of halogens is 1. The Balaban J connectivity index is 1.51. The number of ketones is 1. The molecule has 0 aliphatic rings. The first-order valence-corrected chi connectivity index (χ1v) is 9.05. The summed E-state index contributed by atoms with van der Waals surface area (Å²) in [5.74, 6) is -1.31. The quantitative estimate of drug-likeness (QED) is 0.342. The van der Waals surface area contributed by atoms with E-state index in [1.54, 1.807) is 18.2 Å². The van der Waals surface area contributed by atoms with Crippen molar-refractivity contribution in [2.24, 2.45) is 0 Å². The molecule has 0 atom stereocenters. The van der Waals surface area contributed by atoms with Crippen LogP contribution in [0.1, 0.15) is 20.7 Å². The van der Waals surface area contributed by atoms with Gasteiger partial charge in [0.25, 0.3) is 0 Å². The largest absolute Gasteiger partial charge is 0.494 e. The second-order valence-electron chi connectivity index (χ2n) is 6.46. The summed E-state index contributed by atoms with van der Waals surface area (Å²) in [7, 11) is 1.33. The highest BCUT2D eigenvalue weighted by atomic mass is 19.1. The van der Waals surface area contributed by atoms with E-state index < -0.39 is 24.2 Å². The van der Waals surface area contributed by atoms with Crippen LogP contribution in [0.15, 0.2) is 71.3 Å². The van der Waals surface area contributed by atoms with Gasteiger partial charge in [-0.1, -0.05) is 35.5 Å². The Bertz CT molecular complexity index is 1230. The molecule has 0 unspecified atom stereocenters. The molecule has 0 aliphatic carbocycles. The van der Waals surface area contributed by atoms with E-state index in [9.17, 15) is 14.0 Å². The number of hydrogen-bond acceptors (Lipinski definition) is 6. The topological polar surface area (TPSA) is 78.6 Å². The number of methoxy groups -OCH3 is 1. The normalized spacial score (nSPS) is 10.7. The third-order valence-electron chi connectivity index (χ3n) is 4.56. The summed E-state index contributed by atoms with van der Waals surface area (Å²) in [6.45, 7) is -0.516. The van der Waals surface area contributed by atoms with Crippen molar-refractivity contribution < 1.29 is 28.0 Å². The average Bonchev–Trinajstić information content (AvgIpc) is 3.21. The number of esters is 1. The van der Waals surface area contributed by atoms with Gasteiger partial charge in [0.05, 0.1) is 18.1 Å². The lowest BCUT2D eigenvalue weighted by molar-refractivity contribution is 0.0475. The number of hydrogen-bond donors (Lipinski definition) is 0. The molecule has 6 nitrogen and oxygen atoms in total. The molecule has 0 bridgehead atoms. The second-order valence-corrected chi connectivity index (χ2v) is 6.46. The summed E-state index contributed by atoms with van der Waals surface area (Å²) in [6, 6.07) is 18.0. The number of carbonyl (C=O) groups is 2. The van der Waals surface area contributed by atoms with Crippen molar-refractivity contribution in [1.29, 1.82) is 0 Å². The Hall–Kier alpha value is -4.00. The minimum Gasteiger partial charge on any atom is -0.494 e. The highest BCUT2D eigenvalue weighted by Gasteiger charge is 2.17. The van der Waals surface area contributed by atoms with Gasteiger partial charge in [-0.3, -0.25) is 4.79 Å². The lowest BCUT2D eigenvalue weighted by Gasteiger charge is -2.06. The van der Waals surface area contributed by atoms with Crippen LogP contribution >= 0.6 is 0 Å². The molecule has 0 saturated heterocycles. The molecule has 4 rings (SSSR count). The number of Topliss-reactive ketones (excluding diaryl/α,β-unsaturated/α-hetero) is 1. The molecule has 1 aromatic heterocycles. The molecule has 150 valence electrons. The van der Waals surface area contributed by atoms with E-state index in [2.05, 4.69) is 5.16 Å². The lowest BCUT2D eigenvalue weighted by Crippen LogP contribution is -2.14. The van der Waals surface area contributed by atoms with Crippen LogP contribution in [-0.4, -0.2) is 30.6 Å². The first-order chi connectivity index (χ1) is 14.6. The van der Waals surface area contributed by atoms with Gasteiger partial charge in [-0.05, 0) is 36.4 Å². The molecule has 0 radical (unpaired) electrons. The summed E-state index contributed by atoms with van der Waals surface area (Å²) >= 11 is 0. The fourth-order valence-corrected chi connectivity index (χ4v) is 3.00. The van der Waals surface area contributed by atoms with E-state index in [1.165, 1.54) is 19.2 Å². The molecule has 0 saturated carbocycles. The van der Waals surface area contributed by atoms with E-state index in [0.29, 0.717) is 16.7 Å². The standard InChI is InChI=1S/C23H16FNO5/c1-28-21-10-8-15(12-18(21)24)20(26)13-29-23(27)16-7-9-19-17(11-16)22(30-25-19)14-5-3-2-4-6-14/h2-12H,13H2,1H3. The molecule has 3 aromatic carbocycles. The maximum absolute atomic E-state index is 13.8. The summed E-state index contributed by atoms with van der Waals surface area (Å²) in [6.07, 6.45) is 0. The van der Waals surface area contributed by atoms with E-state index in [4.69, 9.17) is 14.0 Å². The molecule has 0 N–H and O–H groups in total. The maximum atomic E-state index is 13.8. The van der Waals surface area contributed by atoms with E-state index in [1.807, 2.05) is 30.3 Å². The lowest BCUT2D eigenvalue weighted by atomic mass is 10.1. The van der Waals surface area contributed by atoms with Crippen molar-refractivity contribution in [2.45, 2.75) is 0 Å². The molecule has 0 amide bonds. The van der Waals surface area contributed by atoms with E-state index in [0.717, 1.165) is 11.6 Å². The number of fused-ring (bicyclic) bond motifs is 1. The third-order valence-corrected chi connectivity index (χ3v) is 4.56. The Morgan fingerprint density at radius 3 is 2.50 bits per heavy atom. The summed E-state index contributed by atoms with van der Waals surface area (Å²) in [4.78, 5) is 24.7. The van der Waals surface area contributed by atoms with Crippen molar-refractivity contribution in [3.05, 3.63) is 83.7 Å². The Kier molecular flexibility index (Phi) is 5.26. The predicted molar refractivity (Wildman–Crippen MR) is 107 cm³/mol. The molecule has 30 heavy (non-hydrogen) atoms. The first-order valence-electron chi connectivity index (χ1n) is 9.05. The molecule has 4 aromatic rings. The minimum absolute atomic E-state index is 0.0276. The van der Waals surface area contributed by atoms with Crippen molar-refractivity contribution >= 4 is 22.7 Å². The number of nitrogens with zero attached hydrogens (tertiary/aromatic N) is 1. The van der Waals surface area contributed by atoms with Crippen LogP contribution in [-0.2, 0) is 4.74 Å². The minimum atomic E-state index is -0.681. The number of aromatic nitrogens is 1. The zero-order valence-corrected chi connectivity index (χ0v) is 15.9. The van der Waals surface area contributed by atoms with Crippen LogP contribution in [0.2, 0.25) is 0 Å². The maximum Gasteiger partial charge on any atom is 0.338 e. The molecule has 0 spiro atoms. The monoisotopic (exact) mass is 405 g/mol. The molecule has 0 aliphatic heterocycles. The van der Waals surface area contributed by atoms with E-state index >= 15 is 0 Å². The van der Waals surface area contributed by atoms with Crippen LogP contribution in [0.4, 0.5) is 4.39 Å². The average molecular weight is 405 g/mol. The summed E-state index contributed by atoms with van der Waals surface area (Å²) in [5, 5.41) is 4.66. The van der Waals surface area contributed by atoms with Gasteiger partial charge < -0.3 is 14.0 Å². The molecule has 0 fully saturated rings. The number of carbonyl (C=O) groups excluding carboxylic acids is 2. The van der Waals surface area contributed by atoms with Crippen molar-refractivity contribution in [3.63, 3.8) is 0 Å². The van der Waals surface area contributed by atoms with E-state index in [-0.39, 0.29) is 16.9 Å². The third kappa shape index (κ3) is 3.77. The predicted octanol–water partition coefficient (Wildman–Crippen LogP) is 4.68.